The minimum Gasteiger partial charge on any atom is -0.486 e. The topological polar surface area (TPSA) is 56.1 Å². The molecule has 34 heavy (non-hydrogen) atoms. The SMILES string of the molecule is CNc1cc(C(=O)Cc2ccccc2)ccc1OC(CCc1ccc(Cl)cc1)Cn1ccnc1. The van der Waals surface area contributed by atoms with Gasteiger partial charge in [-0.2, -0.15) is 0 Å². The second-order valence-corrected chi connectivity index (χ2v) is 8.65. The van der Waals surface area contributed by atoms with Crippen LogP contribution in [0.3, 0.4) is 0 Å². The van der Waals surface area contributed by atoms with Crippen LogP contribution < -0.4 is 10.1 Å². The van der Waals surface area contributed by atoms with Crippen molar-refractivity contribution in [3.8, 4) is 5.75 Å². The molecule has 174 valence electrons. The summed E-state index contributed by atoms with van der Waals surface area (Å²) >= 11 is 6.02. The lowest BCUT2D eigenvalue weighted by molar-refractivity contribution is 0.0993. The molecule has 6 heteroatoms. The molecule has 4 aromatic rings. The van der Waals surface area contributed by atoms with Crippen molar-refractivity contribution in [1.82, 2.24) is 9.55 Å². The van der Waals surface area contributed by atoms with Gasteiger partial charge in [0, 0.05) is 36.4 Å². The second kappa shape index (κ2) is 11.5. The van der Waals surface area contributed by atoms with E-state index in [-0.39, 0.29) is 11.9 Å². The molecule has 3 aromatic carbocycles. The van der Waals surface area contributed by atoms with Crippen molar-refractivity contribution in [2.75, 3.05) is 12.4 Å². The van der Waals surface area contributed by atoms with Crippen LogP contribution >= 0.6 is 11.6 Å². The summed E-state index contributed by atoms with van der Waals surface area (Å²) in [4.78, 5) is 17.0. The van der Waals surface area contributed by atoms with E-state index >= 15 is 0 Å². The Morgan fingerprint density at radius 1 is 1.06 bits per heavy atom. The number of nitrogens with zero attached hydrogens (tertiary/aromatic N) is 2. The molecule has 0 radical (unpaired) electrons. The van der Waals surface area contributed by atoms with E-state index in [2.05, 4.69) is 10.3 Å². The van der Waals surface area contributed by atoms with Gasteiger partial charge < -0.3 is 14.6 Å². The van der Waals surface area contributed by atoms with Crippen LogP contribution in [0.25, 0.3) is 0 Å². The smallest absolute Gasteiger partial charge is 0.167 e. The molecule has 0 bridgehead atoms. The first-order valence-corrected chi connectivity index (χ1v) is 11.7. The van der Waals surface area contributed by atoms with Gasteiger partial charge in [0.05, 0.1) is 18.6 Å². The molecule has 0 aliphatic carbocycles. The Balaban J connectivity index is 1.48. The Hall–Kier alpha value is -3.57. The van der Waals surface area contributed by atoms with Gasteiger partial charge in [0.25, 0.3) is 0 Å². The summed E-state index contributed by atoms with van der Waals surface area (Å²) in [5.41, 5.74) is 3.66. The largest absolute Gasteiger partial charge is 0.486 e. The van der Waals surface area contributed by atoms with Gasteiger partial charge >= 0.3 is 0 Å². The van der Waals surface area contributed by atoms with Crippen molar-refractivity contribution >= 4 is 23.1 Å². The maximum absolute atomic E-state index is 12.8. The number of nitrogens with one attached hydrogen (secondary N) is 1. The van der Waals surface area contributed by atoms with Gasteiger partial charge in [0.2, 0.25) is 0 Å². The Bertz CT molecular complexity index is 1190. The summed E-state index contributed by atoms with van der Waals surface area (Å²) < 4.78 is 8.48. The first-order valence-electron chi connectivity index (χ1n) is 11.4. The number of Topliss-reactive ketones (excluding diaryl/α,β-unsaturated/α-hetero) is 1. The highest BCUT2D eigenvalue weighted by atomic mass is 35.5. The third-order valence-electron chi connectivity index (χ3n) is 5.71. The fourth-order valence-corrected chi connectivity index (χ4v) is 3.99. The van der Waals surface area contributed by atoms with Crippen molar-refractivity contribution in [3.63, 3.8) is 0 Å². The van der Waals surface area contributed by atoms with Gasteiger partial charge in [-0.25, -0.2) is 4.98 Å². The highest BCUT2D eigenvalue weighted by Gasteiger charge is 2.16. The highest BCUT2D eigenvalue weighted by Crippen LogP contribution is 2.28. The van der Waals surface area contributed by atoms with E-state index in [9.17, 15) is 4.79 Å². The van der Waals surface area contributed by atoms with E-state index in [1.165, 1.54) is 5.56 Å². The van der Waals surface area contributed by atoms with Crippen molar-refractivity contribution in [2.45, 2.75) is 31.9 Å². The Labute approximate surface area is 205 Å². The van der Waals surface area contributed by atoms with Crippen molar-refractivity contribution < 1.29 is 9.53 Å². The zero-order valence-electron chi connectivity index (χ0n) is 19.2. The molecule has 0 saturated carbocycles. The van der Waals surface area contributed by atoms with Gasteiger partial charge in [-0.3, -0.25) is 4.79 Å². The molecule has 1 N–H and O–H groups in total. The average Bonchev–Trinajstić information content (AvgIpc) is 3.37. The summed E-state index contributed by atoms with van der Waals surface area (Å²) in [6.07, 6.45) is 7.46. The number of carbonyl (C=O) groups excluding carboxylic acids is 1. The Morgan fingerprint density at radius 2 is 1.85 bits per heavy atom. The number of halogens is 1. The lowest BCUT2D eigenvalue weighted by Crippen LogP contribution is -2.24. The van der Waals surface area contributed by atoms with Crippen LogP contribution in [0, 0.1) is 0 Å². The number of benzene rings is 3. The first kappa shape index (κ1) is 23.6. The summed E-state index contributed by atoms with van der Waals surface area (Å²) in [5, 5.41) is 3.92. The molecule has 0 aliphatic heterocycles. The van der Waals surface area contributed by atoms with E-state index in [0.29, 0.717) is 18.5 Å². The number of hydrogen-bond donors (Lipinski definition) is 1. The van der Waals surface area contributed by atoms with Crippen LogP contribution in [0.2, 0.25) is 5.02 Å². The zero-order chi connectivity index (χ0) is 23.8. The van der Waals surface area contributed by atoms with Crippen LogP contribution in [0.1, 0.15) is 27.9 Å². The summed E-state index contributed by atoms with van der Waals surface area (Å²) in [7, 11) is 1.84. The summed E-state index contributed by atoms with van der Waals surface area (Å²) in [6.45, 7) is 0.672. The van der Waals surface area contributed by atoms with Crippen LogP contribution in [-0.4, -0.2) is 28.5 Å². The van der Waals surface area contributed by atoms with Gasteiger partial charge in [-0.15, -0.1) is 0 Å². The normalized spacial score (nSPS) is 11.7. The van der Waals surface area contributed by atoms with Crippen LogP contribution in [0.5, 0.6) is 5.75 Å². The minimum absolute atomic E-state index is 0.0759. The number of anilines is 1. The number of ether oxygens (including phenoxy) is 1. The molecule has 5 nitrogen and oxygen atoms in total. The van der Waals surface area contributed by atoms with E-state index in [1.807, 2.05) is 90.6 Å². The van der Waals surface area contributed by atoms with Gasteiger partial charge in [0.15, 0.2) is 5.78 Å². The Morgan fingerprint density at radius 3 is 2.56 bits per heavy atom. The number of rotatable bonds is 11. The molecule has 0 spiro atoms. The minimum atomic E-state index is -0.0807. The fourth-order valence-electron chi connectivity index (χ4n) is 3.86. The lowest BCUT2D eigenvalue weighted by atomic mass is 10.0. The lowest BCUT2D eigenvalue weighted by Gasteiger charge is -2.22. The van der Waals surface area contributed by atoms with Crippen molar-refractivity contribution in [1.29, 1.82) is 0 Å². The molecule has 0 amide bonds. The van der Waals surface area contributed by atoms with E-state index in [4.69, 9.17) is 16.3 Å². The van der Waals surface area contributed by atoms with Gasteiger partial charge in [-0.1, -0.05) is 54.1 Å². The Kier molecular flexibility index (Phi) is 7.99. The van der Waals surface area contributed by atoms with E-state index in [1.54, 1.807) is 12.5 Å². The quantitative estimate of drug-likeness (QED) is 0.268. The van der Waals surface area contributed by atoms with Crippen LogP contribution in [-0.2, 0) is 19.4 Å². The first-order chi connectivity index (χ1) is 16.6. The number of aromatic nitrogens is 2. The monoisotopic (exact) mass is 473 g/mol. The van der Waals surface area contributed by atoms with Crippen molar-refractivity contribution in [2.24, 2.45) is 0 Å². The summed E-state index contributed by atoms with van der Waals surface area (Å²) in [5.74, 6) is 0.798. The number of carbonyl (C=O) groups is 1. The molecular formula is C28H28ClN3O2. The van der Waals surface area contributed by atoms with Gasteiger partial charge in [0.1, 0.15) is 11.9 Å². The molecule has 1 aromatic heterocycles. The molecule has 1 atom stereocenters. The molecule has 0 aliphatic rings. The number of ketones is 1. The molecule has 1 heterocycles. The predicted molar refractivity (Wildman–Crippen MR) is 137 cm³/mol. The third-order valence-corrected chi connectivity index (χ3v) is 5.97. The molecular weight excluding hydrogens is 446 g/mol. The maximum Gasteiger partial charge on any atom is 0.167 e. The molecule has 0 fully saturated rings. The third kappa shape index (κ3) is 6.49. The number of aryl methyl sites for hydroxylation is 1. The average molecular weight is 474 g/mol. The van der Waals surface area contributed by atoms with Crippen LogP contribution in [0.15, 0.2) is 91.5 Å². The predicted octanol–water partition coefficient (Wildman–Crippen LogP) is 6.08. The standard InChI is InChI=1S/C28H28ClN3O2/c1-30-26-18-23(27(33)17-22-5-3-2-4-6-22)10-14-28(26)34-25(19-32-16-15-31-20-32)13-9-21-7-11-24(29)12-8-21/h2-8,10-12,14-16,18,20,25,30H,9,13,17,19H2,1H3. The highest BCUT2D eigenvalue weighted by molar-refractivity contribution is 6.30. The second-order valence-electron chi connectivity index (χ2n) is 8.21. The molecule has 1 unspecified atom stereocenters. The maximum atomic E-state index is 12.8. The van der Waals surface area contributed by atoms with Crippen LogP contribution in [0.4, 0.5) is 5.69 Å². The van der Waals surface area contributed by atoms with Gasteiger partial charge in [-0.05, 0) is 54.3 Å². The van der Waals surface area contributed by atoms with E-state index < -0.39 is 0 Å². The number of hydrogen-bond acceptors (Lipinski definition) is 4. The van der Waals surface area contributed by atoms with Crippen molar-refractivity contribution in [3.05, 3.63) is 113 Å². The molecule has 4 rings (SSSR count). The summed E-state index contributed by atoms with van der Waals surface area (Å²) in [6, 6.07) is 23.3. The van der Waals surface area contributed by atoms with E-state index in [0.717, 1.165) is 34.9 Å². The number of imidazole rings is 1. The zero-order valence-corrected chi connectivity index (χ0v) is 19.9. The molecule has 0 saturated heterocycles. The fraction of sp³-hybridized carbons (Fsp3) is 0.214.